The fourth-order valence-corrected chi connectivity index (χ4v) is 3.90. The van der Waals surface area contributed by atoms with Gasteiger partial charge in [-0.1, -0.05) is 11.3 Å². The Morgan fingerprint density at radius 1 is 1.03 bits per heavy atom. The first-order valence-corrected chi connectivity index (χ1v) is 10.1. The Morgan fingerprint density at radius 3 is 2.45 bits per heavy atom. The number of quaternary nitrogens is 1. The summed E-state index contributed by atoms with van der Waals surface area (Å²) in [5.74, 6) is 1.74. The van der Waals surface area contributed by atoms with Crippen molar-refractivity contribution in [3.63, 3.8) is 0 Å². The van der Waals surface area contributed by atoms with Gasteiger partial charge < -0.3 is 19.1 Å². The molecule has 0 unspecified atom stereocenters. The minimum atomic E-state index is -0.127. The molecule has 1 heterocycles. The number of benzene rings is 2. The van der Waals surface area contributed by atoms with Crippen molar-refractivity contribution in [2.45, 2.75) is 0 Å². The van der Waals surface area contributed by atoms with Crippen molar-refractivity contribution in [2.24, 2.45) is 0 Å². The van der Waals surface area contributed by atoms with Crippen LogP contribution in [0, 0.1) is 0 Å². The van der Waals surface area contributed by atoms with Gasteiger partial charge in [-0.15, -0.1) is 0 Å². The van der Waals surface area contributed by atoms with Crippen LogP contribution in [-0.4, -0.2) is 59.4 Å². The van der Waals surface area contributed by atoms with E-state index in [-0.39, 0.29) is 5.91 Å². The van der Waals surface area contributed by atoms with Crippen molar-refractivity contribution in [3.8, 4) is 17.2 Å². The number of nitrogens with one attached hydrogen (secondary N) is 1. The van der Waals surface area contributed by atoms with Crippen LogP contribution in [0.15, 0.2) is 36.4 Å². The number of aromatic nitrogens is 1. The molecular formula is C21H26N3O4S+. The SMILES string of the molecule is COc1ccc2nc(N(CC[NH+](C)C)C(=O)c3ccc(OC)c(OC)c3)sc2c1. The normalized spacial score (nSPS) is 11.0. The topological polar surface area (TPSA) is 65.3 Å². The van der Waals surface area contributed by atoms with E-state index in [0.717, 1.165) is 22.5 Å². The van der Waals surface area contributed by atoms with Crippen LogP contribution in [0.4, 0.5) is 5.13 Å². The molecule has 3 rings (SSSR count). The molecule has 0 bridgehead atoms. The fourth-order valence-electron chi connectivity index (χ4n) is 2.88. The van der Waals surface area contributed by atoms with Gasteiger partial charge in [-0.3, -0.25) is 9.69 Å². The van der Waals surface area contributed by atoms with E-state index >= 15 is 0 Å². The molecule has 0 fully saturated rings. The molecule has 0 aliphatic rings. The Balaban J connectivity index is 1.99. The maximum Gasteiger partial charge on any atom is 0.260 e. The van der Waals surface area contributed by atoms with Gasteiger partial charge in [0.2, 0.25) is 0 Å². The number of carbonyl (C=O) groups excluding carboxylic acids is 1. The van der Waals surface area contributed by atoms with E-state index < -0.39 is 0 Å². The number of ether oxygens (including phenoxy) is 3. The summed E-state index contributed by atoms with van der Waals surface area (Å²) >= 11 is 1.48. The summed E-state index contributed by atoms with van der Waals surface area (Å²) in [5.41, 5.74) is 1.36. The lowest BCUT2D eigenvalue weighted by atomic mass is 10.1. The van der Waals surface area contributed by atoms with Crippen LogP contribution in [0.3, 0.4) is 0 Å². The highest BCUT2D eigenvalue weighted by molar-refractivity contribution is 7.22. The number of carbonyl (C=O) groups is 1. The zero-order valence-corrected chi connectivity index (χ0v) is 18.1. The van der Waals surface area contributed by atoms with Gasteiger partial charge >= 0.3 is 0 Å². The number of rotatable bonds is 8. The van der Waals surface area contributed by atoms with E-state index in [1.165, 1.54) is 16.2 Å². The molecule has 0 aliphatic heterocycles. The zero-order chi connectivity index (χ0) is 21.0. The number of hydrogen-bond acceptors (Lipinski definition) is 6. The highest BCUT2D eigenvalue weighted by atomic mass is 32.1. The Kier molecular flexibility index (Phi) is 6.56. The second-order valence-corrected chi connectivity index (χ2v) is 7.82. The summed E-state index contributed by atoms with van der Waals surface area (Å²) in [6.07, 6.45) is 0. The Bertz CT molecular complexity index is 1000. The van der Waals surface area contributed by atoms with Crippen LogP contribution in [-0.2, 0) is 0 Å². The van der Waals surface area contributed by atoms with Crippen molar-refractivity contribution >= 4 is 32.6 Å². The number of thiazole rings is 1. The molecule has 8 heteroatoms. The van der Waals surface area contributed by atoms with Crippen molar-refractivity contribution in [1.82, 2.24) is 4.98 Å². The third-order valence-electron chi connectivity index (χ3n) is 4.53. The average Bonchev–Trinajstić information content (AvgIpc) is 3.15. The van der Waals surface area contributed by atoms with Gasteiger partial charge in [0.05, 0.1) is 58.7 Å². The molecule has 0 saturated carbocycles. The van der Waals surface area contributed by atoms with E-state index in [1.807, 2.05) is 18.2 Å². The summed E-state index contributed by atoms with van der Waals surface area (Å²) in [7, 11) is 8.88. The summed E-state index contributed by atoms with van der Waals surface area (Å²) in [6, 6.07) is 10.9. The van der Waals surface area contributed by atoms with Crippen LogP contribution in [0.1, 0.15) is 10.4 Å². The van der Waals surface area contributed by atoms with Gasteiger partial charge in [0.1, 0.15) is 5.75 Å². The third-order valence-corrected chi connectivity index (χ3v) is 5.57. The quantitative estimate of drug-likeness (QED) is 0.609. The van der Waals surface area contributed by atoms with Crippen molar-refractivity contribution < 1.29 is 23.9 Å². The number of anilines is 1. The predicted molar refractivity (Wildman–Crippen MR) is 115 cm³/mol. The van der Waals surface area contributed by atoms with Gasteiger partial charge in [0.25, 0.3) is 5.91 Å². The zero-order valence-electron chi connectivity index (χ0n) is 17.3. The van der Waals surface area contributed by atoms with E-state index in [9.17, 15) is 4.79 Å². The molecule has 7 nitrogen and oxygen atoms in total. The molecule has 0 spiro atoms. The van der Waals surface area contributed by atoms with Crippen molar-refractivity contribution in [2.75, 3.05) is 53.4 Å². The minimum absolute atomic E-state index is 0.127. The molecule has 1 amide bonds. The van der Waals surface area contributed by atoms with E-state index in [4.69, 9.17) is 19.2 Å². The first kappa shape index (κ1) is 20.9. The van der Waals surface area contributed by atoms with Crippen LogP contribution in [0.25, 0.3) is 10.2 Å². The van der Waals surface area contributed by atoms with Gasteiger partial charge in [0, 0.05) is 5.56 Å². The second-order valence-electron chi connectivity index (χ2n) is 6.81. The monoisotopic (exact) mass is 416 g/mol. The van der Waals surface area contributed by atoms with Gasteiger partial charge in [-0.05, 0) is 36.4 Å². The summed E-state index contributed by atoms with van der Waals surface area (Å²) in [6.45, 7) is 1.34. The Labute approximate surface area is 174 Å². The van der Waals surface area contributed by atoms with Gasteiger partial charge in [0.15, 0.2) is 16.6 Å². The molecule has 154 valence electrons. The molecule has 29 heavy (non-hydrogen) atoms. The highest BCUT2D eigenvalue weighted by Gasteiger charge is 2.23. The van der Waals surface area contributed by atoms with Crippen LogP contribution >= 0.6 is 11.3 Å². The van der Waals surface area contributed by atoms with E-state index in [2.05, 4.69) is 14.1 Å². The average molecular weight is 417 g/mol. The Morgan fingerprint density at radius 2 is 1.79 bits per heavy atom. The summed E-state index contributed by atoms with van der Waals surface area (Å²) < 4.78 is 16.9. The maximum absolute atomic E-state index is 13.4. The van der Waals surface area contributed by atoms with Crippen LogP contribution < -0.4 is 24.0 Å². The molecule has 0 radical (unpaired) electrons. The second kappa shape index (κ2) is 9.11. The number of likely N-dealkylation sites (N-methyl/N-ethyl adjacent to an activating group) is 1. The lowest BCUT2D eigenvalue weighted by Crippen LogP contribution is -3.06. The summed E-state index contributed by atoms with van der Waals surface area (Å²) in [5, 5.41) is 0.661. The van der Waals surface area contributed by atoms with Crippen LogP contribution in [0.2, 0.25) is 0 Å². The fraction of sp³-hybridized carbons (Fsp3) is 0.333. The number of amides is 1. The molecule has 3 aromatic rings. The summed E-state index contributed by atoms with van der Waals surface area (Å²) in [4.78, 5) is 21.1. The highest BCUT2D eigenvalue weighted by Crippen LogP contribution is 2.33. The molecule has 1 aromatic heterocycles. The molecule has 0 atom stereocenters. The lowest BCUT2D eigenvalue weighted by molar-refractivity contribution is -0.856. The Hall–Kier alpha value is -2.84. The molecule has 2 aromatic carbocycles. The number of fused-ring (bicyclic) bond motifs is 1. The van der Waals surface area contributed by atoms with Gasteiger partial charge in [-0.2, -0.15) is 0 Å². The van der Waals surface area contributed by atoms with Crippen LogP contribution in [0.5, 0.6) is 17.2 Å². The minimum Gasteiger partial charge on any atom is -0.497 e. The van der Waals surface area contributed by atoms with Crippen molar-refractivity contribution in [3.05, 3.63) is 42.0 Å². The predicted octanol–water partition coefficient (Wildman–Crippen LogP) is 2.11. The standard InChI is InChI=1S/C21H25N3O4S/c1-23(2)10-11-24(20(25)14-6-9-17(27-4)18(12-14)28-5)21-22-16-8-7-15(26-3)13-19(16)29-21/h6-9,12-13H,10-11H2,1-5H3/p+1. The lowest BCUT2D eigenvalue weighted by Gasteiger charge is -2.21. The maximum atomic E-state index is 13.4. The number of nitrogens with zero attached hydrogens (tertiary/aromatic N) is 2. The molecule has 1 N–H and O–H groups in total. The first-order chi connectivity index (χ1) is 14.0. The van der Waals surface area contributed by atoms with E-state index in [1.54, 1.807) is 44.4 Å². The number of hydrogen-bond donors (Lipinski definition) is 1. The van der Waals surface area contributed by atoms with Crippen molar-refractivity contribution in [1.29, 1.82) is 0 Å². The smallest absolute Gasteiger partial charge is 0.260 e. The molecule has 0 saturated heterocycles. The first-order valence-electron chi connectivity index (χ1n) is 9.24. The largest absolute Gasteiger partial charge is 0.497 e. The molecule has 0 aliphatic carbocycles. The third kappa shape index (κ3) is 4.60. The van der Waals surface area contributed by atoms with E-state index in [0.29, 0.717) is 28.7 Å². The number of methoxy groups -OCH3 is 3. The molecular weight excluding hydrogens is 390 g/mol. The van der Waals surface area contributed by atoms with Gasteiger partial charge in [-0.25, -0.2) is 4.98 Å².